The summed E-state index contributed by atoms with van der Waals surface area (Å²) < 4.78 is 0. The van der Waals surface area contributed by atoms with Gasteiger partial charge in [-0.3, -0.25) is 4.79 Å². The van der Waals surface area contributed by atoms with E-state index in [0.717, 1.165) is 5.82 Å². The molecule has 5 nitrogen and oxygen atoms in total. The molecule has 0 saturated heterocycles. The van der Waals surface area contributed by atoms with Crippen molar-refractivity contribution in [2.75, 3.05) is 0 Å². The van der Waals surface area contributed by atoms with E-state index in [1.54, 1.807) is 12.4 Å². The van der Waals surface area contributed by atoms with Crippen LogP contribution in [-0.2, 0) is 11.2 Å². The fourth-order valence-electron chi connectivity index (χ4n) is 0.850. The van der Waals surface area contributed by atoms with E-state index < -0.39 is 12.0 Å². The molecule has 0 bridgehead atoms. The summed E-state index contributed by atoms with van der Waals surface area (Å²) in [5.74, 6) is -0.201. The standard InChI is InChI=1S/C7H11N3O2/c8-5(7(11)12)1-2-6-9-3-4-10-6/h3-5H,1-2,8H2,(H,9,10)(H,11,12). The first-order valence-corrected chi connectivity index (χ1v) is 3.67. The number of carboxylic acids is 1. The maximum absolute atomic E-state index is 10.3. The zero-order valence-electron chi connectivity index (χ0n) is 6.53. The number of rotatable bonds is 4. The molecular weight excluding hydrogens is 158 g/mol. The number of imidazole rings is 1. The van der Waals surface area contributed by atoms with Gasteiger partial charge >= 0.3 is 5.97 Å². The van der Waals surface area contributed by atoms with Gasteiger partial charge in [-0.15, -0.1) is 0 Å². The van der Waals surface area contributed by atoms with Gasteiger partial charge in [-0.1, -0.05) is 0 Å². The number of carboxylic acid groups (broad SMARTS) is 1. The van der Waals surface area contributed by atoms with Crippen LogP contribution in [0.3, 0.4) is 0 Å². The predicted molar refractivity (Wildman–Crippen MR) is 42.5 cm³/mol. The van der Waals surface area contributed by atoms with Gasteiger partial charge in [0, 0.05) is 18.8 Å². The molecule has 0 fully saturated rings. The van der Waals surface area contributed by atoms with E-state index in [2.05, 4.69) is 9.97 Å². The highest BCUT2D eigenvalue weighted by Crippen LogP contribution is 1.97. The van der Waals surface area contributed by atoms with Crippen molar-refractivity contribution in [1.82, 2.24) is 9.97 Å². The molecule has 0 radical (unpaired) electrons. The van der Waals surface area contributed by atoms with Crippen LogP contribution in [0, 0.1) is 0 Å². The Labute approximate surface area is 69.6 Å². The number of aliphatic carboxylic acids is 1. The van der Waals surface area contributed by atoms with Gasteiger partial charge in [0.05, 0.1) is 0 Å². The first-order chi connectivity index (χ1) is 5.70. The summed E-state index contributed by atoms with van der Waals surface area (Å²) in [6, 6.07) is -0.796. The second-order valence-electron chi connectivity index (χ2n) is 2.52. The fourth-order valence-corrected chi connectivity index (χ4v) is 0.850. The lowest BCUT2D eigenvalue weighted by molar-refractivity contribution is -0.138. The molecule has 1 heterocycles. The lowest BCUT2D eigenvalue weighted by Crippen LogP contribution is -2.30. The first-order valence-electron chi connectivity index (χ1n) is 3.67. The average Bonchev–Trinajstić information content (AvgIpc) is 2.51. The van der Waals surface area contributed by atoms with Crippen LogP contribution in [0.5, 0.6) is 0 Å². The molecule has 4 N–H and O–H groups in total. The third kappa shape index (κ3) is 2.35. The molecule has 66 valence electrons. The minimum atomic E-state index is -0.971. The van der Waals surface area contributed by atoms with E-state index in [0.29, 0.717) is 12.8 Å². The summed E-state index contributed by atoms with van der Waals surface area (Å²) >= 11 is 0. The number of hydrogen-bond donors (Lipinski definition) is 3. The number of nitrogens with zero attached hydrogens (tertiary/aromatic N) is 1. The van der Waals surface area contributed by atoms with Crippen LogP contribution in [0.1, 0.15) is 12.2 Å². The zero-order chi connectivity index (χ0) is 8.97. The number of aromatic amines is 1. The molecule has 0 saturated carbocycles. The number of aromatic nitrogens is 2. The summed E-state index contributed by atoms with van der Waals surface area (Å²) in [7, 11) is 0. The fraction of sp³-hybridized carbons (Fsp3) is 0.429. The van der Waals surface area contributed by atoms with E-state index in [4.69, 9.17) is 10.8 Å². The van der Waals surface area contributed by atoms with Gasteiger partial charge in [0.15, 0.2) is 0 Å². The Morgan fingerprint density at radius 3 is 3.08 bits per heavy atom. The number of H-pyrrole nitrogens is 1. The third-order valence-corrected chi connectivity index (χ3v) is 1.56. The van der Waals surface area contributed by atoms with Crippen LogP contribution in [0.4, 0.5) is 0 Å². The molecule has 1 unspecified atom stereocenters. The molecule has 0 aromatic carbocycles. The molecule has 1 aromatic heterocycles. The zero-order valence-corrected chi connectivity index (χ0v) is 6.53. The van der Waals surface area contributed by atoms with Crippen LogP contribution >= 0.6 is 0 Å². The molecule has 0 amide bonds. The topological polar surface area (TPSA) is 92.0 Å². The number of hydrogen-bond acceptors (Lipinski definition) is 3. The van der Waals surface area contributed by atoms with Crippen molar-refractivity contribution in [3.63, 3.8) is 0 Å². The molecule has 0 aliphatic carbocycles. The molecule has 5 heteroatoms. The quantitative estimate of drug-likeness (QED) is 0.579. The highest BCUT2D eigenvalue weighted by molar-refractivity contribution is 5.72. The Morgan fingerprint density at radius 2 is 2.58 bits per heavy atom. The molecule has 0 aliphatic rings. The molecule has 0 spiro atoms. The minimum absolute atomic E-state index is 0.406. The van der Waals surface area contributed by atoms with Crippen LogP contribution in [0.15, 0.2) is 12.4 Å². The van der Waals surface area contributed by atoms with E-state index in [-0.39, 0.29) is 0 Å². The van der Waals surface area contributed by atoms with Crippen molar-refractivity contribution in [2.24, 2.45) is 5.73 Å². The van der Waals surface area contributed by atoms with Gasteiger partial charge in [0.1, 0.15) is 11.9 Å². The lowest BCUT2D eigenvalue weighted by Gasteiger charge is -2.03. The molecule has 0 aliphatic heterocycles. The number of nitrogens with one attached hydrogen (secondary N) is 1. The summed E-state index contributed by atoms with van der Waals surface area (Å²) in [6.45, 7) is 0. The van der Waals surface area contributed by atoms with Crippen molar-refractivity contribution < 1.29 is 9.90 Å². The van der Waals surface area contributed by atoms with Crippen LogP contribution in [-0.4, -0.2) is 27.1 Å². The van der Waals surface area contributed by atoms with Gasteiger partial charge in [0.2, 0.25) is 0 Å². The van der Waals surface area contributed by atoms with E-state index in [1.165, 1.54) is 0 Å². The van der Waals surface area contributed by atoms with Crippen molar-refractivity contribution >= 4 is 5.97 Å². The molecule has 1 aromatic rings. The third-order valence-electron chi connectivity index (χ3n) is 1.56. The maximum Gasteiger partial charge on any atom is 0.320 e. The van der Waals surface area contributed by atoms with Crippen LogP contribution in [0.25, 0.3) is 0 Å². The molecular formula is C7H11N3O2. The van der Waals surface area contributed by atoms with E-state index in [1.807, 2.05) is 0 Å². The van der Waals surface area contributed by atoms with Crippen LogP contribution in [0.2, 0.25) is 0 Å². The van der Waals surface area contributed by atoms with Gasteiger partial charge in [-0.2, -0.15) is 0 Å². The summed E-state index contributed by atoms with van der Waals surface area (Å²) in [6.07, 6.45) is 4.30. The van der Waals surface area contributed by atoms with Crippen molar-refractivity contribution in [2.45, 2.75) is 18.9 Å². The van der Waals surface area contributed by atoms with Gasteiger partial charge in [-0.25, -0.2) is 4.98 Å². The Morgan fingerprint density at radius 1 is 1.83 bits per heavy atom. The predicted octanol–water partition coefficient (Wildman–Crippen LogP) is -0.246. The Kier molecular flexibility index (Phi) is 2.82. The summed E-state index contributed by atoms with van der Waals surface area (Å²) in [5.41, 5.74) is 5.29. The largest absolute Gasteiger partial charge is 0.480 e. The normalized spacial score (nSPS) is 12.8. The lowest BCUT2D eigenvalue weighted by atomic mass is 10.2. The number of carbonyl (C=O) groups is 1. The van der Waals surface area contributed by atoms with Gasteiger partial charge in [0.25, 0.3) is 0 Å². The molecule has 12 heavy (non-hydrogen) atoms. The Bertz CT molecular complexity index is 245. The minimum Gasteiger partial charge on any atom is -0.480 e. The van der Waals surface area contributed by atoms with E-state index in [9.17, 15) is 4.79 Å². The number of nitrogens with two attached hydrogens (primary N) is 1. The van der Waals surface area contributed by atoms with Gasteiger partial charge in [-0.05, 0) is 6.42 Å². The highest BCUT2D eigenvalue weighted by atomic mass is 16.4. The van der Waals surface area contributed by atoms with Crippen molar-refractivity contribution in [3.05, 3.63) is 18.2 Å². The van der Waals surface area contributed by atoms with E-state index >= 15 is 0 Å². The Balaban J connectivity index is 2.31. The first kappa shape index (κ1) is 8.73. The second kappa shape index (κ2) is 3.87. The van der Waals surface area contributed by atoms with Crippen molar-refractivity contribution in [3.8, 4) is 0 Å². The summed E-state index contributed by atoms with van der Waals surface area (Å²) in [4.78, 5) is 17.1. The molecule has 1 atom stereocenters. The van der Waals surface area contributed by atoms with Gasteiger partial charge < -0.3 is 15.8 Å². The molecule has 1 rings (SSSR count). The SMILES string of the molecule is NC(CCc1ncc[nH]1)C(=O)O. The number of aryl methyl sites for hydroxylation is 1. The highest BCUT2D eigenvalue weighted by Gasteiger charge is 2.11. The maximum atomic E-state index is 10.3. The Hall–Kier alpha value is -1.36. The van der Waals surface area contributed by atoms with Crippen molar-refractivity contribution in [1.29, 1.82) is 0 Å². The van der Waals surface area contributed by atoms with Crippen LogP contribution < -0.4 is 5.73 Å². The second-order valence-corrected chi connectivity index (χ2v) is 2.52. The average molecular weight is 169 g/mol. The smallest absolute Gasteiger partial charge is 0.320 e. The monoisotopic (exact) mass is 169 g/mol. The summed E-state index contributed by atoms with van der Waals surface area (Å²) in [5, 5.41) is 8.46.